The van der Waals surface area contributed by atoms with Crippen molar-refractivity contribution in [2.45, 2.75) is 25.9 Å². The van der Waals surface area contributed by atoms with Crippen LogP contribution in [0.3, 0.4) is 0 Å². The largest absolute Gasteiger partial charge is 0.381 e. The van der Waals surface area contributed by atoms with Crippen molar-refractivity contribution >= 4 is 11.6 Å². The molecule has 1 atom stereocenters. The lowest BCUT2D eigenvalue weighted by Gasteiger charge is -2.34. The van der Waals surface area contributed by atoms with Gasteiger partial charge in [0.2, 0.25) is 0 Å². The molecule has 3 rings (SSSR count). The fraction of sp³-hybridized carbons (Fsp3) is 0.647. The van der Waals surface area contributed by atoms with E-state index in [1.54, 1.807) is 12.4 Å². The molecule has 0 aromatic carbocycles. The first-order chi connectivity index (χ1) is 11.3. The molecule has 2 saturated heterocycles. The highest BCUT2D eigenvalue weighted by Gasteiger charge is 2.22. The van der Waals surface area contributed by atoms with Gasteiger partial charge in [-0.1, -0.05) is 6.92 Å². The molecule has 0 aliphatic carbocycles. The second-order valence-corrected chi connectivity index (χ2v) is 6.20. The molecule has 2 aliphatic rings. The Balaban J connectivity index is 1.56. The van der Waals surface area contributed by atoms with Gasteiger partial charge in [0.15, 0.2) is 0 Å². The maximum Gasteiger partial charge on any atom is 0.255 e. The van der Waals surface area contributed by atoms with E-state index in [-0.39, 0.29) is 12.0 Å². The average molecular weight is 318 g/mol. The summed E-state index contributed by atoms with van der Waals surface area (Å²) in [7, 11) is 0. The summed E-state index contributed by atoms with van der Waals surface area (Å²) in [6, 6.07) is 1.90. The number of carbonyl (C=O) groups excluding carboxylic acids is 1. The molecule has 1 aromatic rings. The van der Waals surface area contributed by atoms with Crippen molar-refractivity contribution < 1.29 is 9.53 Å². The number of rotatable bonds is 5. The number of hydrogen-bond acceptors (Lipinski definition) is 5. The third-order valence-electron chi connectivity index (χ3n) is 4.65. The summed E-state index contributed by atoms with van der Waals surface area (Å²) in [5.74, 6) is 0.0778. The number of piperazine rings is 1. The van der Waals surface area contributed by atoms with Crippen LogP contribution in [-0.4, -0.2) is 72.7 Å². The van der Waals surface area contributed by atoms with Crippen molar-refractivity contribution in [3.05, 3.63) is 24.0 Å². The van der Waals surface area contributed by atoms with Crippen LogP contribution < -0.4 is 5.32 Å². The lowest BCUT2D eigenvalue weighted by molar-refractivity contribution is 0.0643. The number of hydrogen-bond donors (Lipinski definition) is 1. The van der Waals surface area contributed by atoms with Crippen molar-refractivity contribution in [3.8, 4) is 0 Å². The molecule has 6 heteroatoms. The number of amides is 1. The third-order valence-corrected chi connectivity index (χ3v) is 4.65. The van der Waals surface area contributed by atoms with Crippen LogP contribution in [0.25, 0.3) is 0 Å². The van der Waals surface area contributed by atoms with Crippen LogP contribution in [0.4, 0.5) is 5.69 Å². The highest BCUT2D eigenvalue weighted by Crippen LogP contribution is 2.15. The number of nitrogens with one attached hydrogen (secondary N) is 1. The fourth-order valence-electron chi connectivity index (χ4n) is 3.14. The van der Waals surface area contributed by atoms with Gasteiger partial charge in [-0.15, -0.1) is 0 Å². The highest BCUT2D eigenvalue weighted by molar-refractivity contribution is 5.94. The molecule has 2 fully saturated rings. The van der Waals surface area contributed by atoms with Crippen LogP contribution in [0.15, 0.2) is 18.5 Å². The number of nitrogens with zero attached hydrogens (tertiary/aromatic N) is 3. The second-order valence-electron chi connectivity index (χ2n) is 6.20. The zero-order valence-electron chi connectivity index (χ0n) is 13.8. The molecule has 0 spiro atoms. The summed E-state index contributed by atoms with van der Waals surface area (Å²) in [6.07, 6.45) is 5.93. The maximum atomic E-state index is 12.6. The summed E-state index contributed by atoms with van der Waals surface area (Å²) in [5, 5.41) is 3.33. The molecule has 2 aliphatic heterocycles. The Morgan fingerprint density at radius 2 is 2.17 bits per heavy atom. The van der Waals surface area contributed by atoms with Gasteiger partial charge >= 0.3 is 0 Å². The molecule has 1 unspecified atom stereocenters. The molecule has 0 bridgehead atoms. The Morgan fingerprint density at radius 1 is 1.35 bits per heavy atom. The monoisotopic (exact) mass is 318 g/mol. The minimum atomic E-state index is 0.0778. The van der Waals surface area contributed by atoms with E-state index >= 15 is 0 Å². The molecule has 23 heavy (non-hydrogen) atoms. The zero-order chi connectivity index (χ0) is 16.1. The van der Waals surface area contributed by atoms with Crippen LogP contribution in [-0.2, 0) is 4.74 Å². The highest BCUT2D eigenvalue weighted by atomic mass is 16.5. The van der Waals surface area contributed by atoms with Crippen molar-refractivity contribution in [2.24, 2.45) is 0 Å². The Labute approximate surface area is 137 Å². The number of carbonyl (C=O) groups is 1. The number of aromatic nitrogens is 1. The summed E-state index contributed by atoms with van der Waals surface area (Å²) in [5.41, 5.74) is 1.55. The number of likely N-dealkylation sites (N-methyl/N-ethyl adjacent to an activating group) is 1. The number of anilines is 1. The molecule has 6 nitrogen and oxygen atoms in total. The van der Waals surface area contributed by atoms with Crippen molar-refractivity contribution in [2.75, 3.05) is 51.2 Å². The Morgan fingerprint density at radius 3 is 2.87 bits per heavy atom. The summed E-state index contributed by atoms with van der Waals surface area (Å²) < 4.78 is 5.61. The van der Waals surface area contributed by atoms with Gasteiger partial charge in [-0.2, -0.15) is 0 Å². The molecule has 0 radical (unpaired) electrons. The first-order valence-electron chi connectivity index (χ1n) is 8.58. The summed E-state index contributed by atoms with van der Waals surface area (Å²) in [4.78, 5) is 21.1. The Hall–Kier alpha value is -1.66. The third kappa shape index (κ3) is 4.20. The van der Waals surface area contributed by atoms with Crippen LogP contribution >= 0.6 is 0 Å². The average Bonchev–Trinajstić information content (AvgIpc) is 3.13. The smallest absolute Gasteiger partial charge is 0.255 e. The van der Waals surface area contributed by atoms with E-state index < -0.39 is 0 Å². The van der Waals surface area contributed by atoms with Gasteiger partial charge in [0.05, 0.1) is 17.4 Å². The summed E-state index contributed by atoms with van der Waals surface area (Å²) >= 11 is 0. The van der Waals surface area contributed by atoms with Crippen LogP contribution in [0.2, 0.25) is 0 Å². The quantitative estimate of drug-likeness (QED) is 0.890. The first-order valence-corrected chi connectivity index (χ1v) is 8.58. The van der Waals surface area contributed by atoms with Crippen LogP contribution in [0.1, 0.15) is 30.1 Å². The molecular weight excluding hydrogens is 292 g/mol. The van der Waals surface area contributed by atoms with Gasteiger partial charge in [0, 0.05) is 51.7 Å². The Bertz CT molecular complexity index is 523. The molecule has 1 N–H and O–H groups in total. The standard InChI is InChI=1S/C17H26N4O2/c1-2-20-5-7-21(8-6-20)17(22)14-10-15(12-18-11-14)19-13-16-4-3-9-23-16/h10-12,16,19H,2-9,13H2,1H3. The van der Waals surface area contributed by atoms with Crippen molar-refractivity contribution in [1.29, 1.82) is 0 Å². The van der Waals surface area contributed by atoms with Gasteiger partial charge in [-0.05, 0) is 25.5 Å². The van der Waals surface area contributed by atoms with Gasteiger partial charge in [-0.25, -0.2) is 0 Å². The van der Waals surface area contributed by atoms with E-state index in [4.69, 9.17) is 4.74 Å². The van der Waals surface area contributed by atoms with Gasteiger partial charge < -0.3 is 19.9 Å². The van der Waals surface area contributed by atoms with E-state index in [9.17, 15) is 4.79 Å². The molecule has 126 valence electrons. The normalized spacial score (nSPS) is 22.3. The SMILES string of the molecule is CCN1CCN(C(=O)c2cncc(NCC3CCCO3)c2)CC1. The zero-order valence-corrected chi connectivity index (χ0v) is 13.8. The summed E-state index contributed by atoms with van der Waals surface area (Å²) in [6.45, 7) is 8.32. The molecular formula is C17H26N4O2. The van der Waals surface area contributed by atoms with E-state index in [1.807, 2.05) is 11.0 Å². The molecule has 0 saturated carbocycles. The second kappa shape index (κ2) is 7.75. The minimum absolute atomic E-state index is 0.0778. The lowest BCUT2D eigenvalue weighted by Crippen LogP contribution is -2.48. The predicted molar refractivity (Wildman–Crippen MR) is 89.7 cm³/mol. The Kier molecular flexibility index (Phi) is 5.46. The predicted octanol–water partition coefficient (Wildman–Crippen LogP) is 1.45. The van der Waals surface area contributed by atoms with Crippen molar-refractivity contribution in [3.63, 3.8) is 0 Å². The van der Waals surface area contributed by atoms with Crippen molar-refractivity contribution in [1.82, 2.24) is 14.8 Å². The van der Waals surface area contributed by atoms with E-state index in [2.05, 4.69) is 22.1 Å². The van der Waals surface area contributed by atoms with Gasteiger partial charge in [0.1, 0.15) is 0 Å². The van der Waals surface area contributed by atoms with E-state index in [0.717, 1.165) is 64.4 Å². The first kappa shape index (κ1) is 16.2. The van der Waals surface area contributed by atoms with E-state index in [1.165, 1.54) is 0 Å². The lowest BCUT2D eigenvalue weighted by atomic mass is 10.2. The maximum absolute atomic E-state index is 12.6. The number of ether oxygens (including phenoxy) is 1. The molecule has 1 amide bonds. The van der Waals surface area contributed by atoms with Crippen LogP contribution in [0, 0.1) is 0 Å². The minimum Gasteiger partial charge on any atom is -0.381 e. The van der Waals surface area contributed by atoms with Gasteiger partial charge in [-0.3, -0.25) is 9.78 Å². The topological polar surface area (TPSA) is 57.7 Å². The number of pyridine rings is 1. The molecule has 3 heterocycles. The van der Waals surface area contributed by atoms with Gasteiger partial charge in [0.25, 0.3) is 5.91 Å². The van der Waals surface area contributed by atoms with E-state index in [0.29, 0.717) is 5.56 Å². The molecule has 1 aromatic heterocycles. The fourth-order valence-corrected chi connectivity index (χ4v) is 3.14. The van der Waals surface area contributed by atoms with Crippen LogP contribution in [0.5, 0.6) is 0 Å².